The maximum atomic E-state index is 11.4. The minimum absolute atomic E-state index is 0.106. The summed E-state index contributed by atoms with van der Waals surface area (Å²) in [6, 6.07) is 2.06. The van der Waals surface area contributed by atoms with Gasteiger partial charge in [0, 0.05) is 18.3 Å². The van der Waals surface area contributed by atoms with Gasteiger partial charge in [0.05, 0.1) is 10.9 Å². The van der Waals surface area contributed by atoms with E-state index in [9.17, 15) is 9.59 Å². The van der Waals surface area contributed by atoms with Crippen LogP contribution in [-0.4, -0.2) is 23.6 Å². The Morgan fingerprint density at radius 2 is 2.40 bits per heavy atom. The molecule has 0 fully saturated rings. The van der Waals surface area contributed by atoms with E-state index in [-0.39, 0.29) is 11.9 Å². The molecule has 3 nitrogen and oxygen atoms in total. The molecule has 1 unspecified atom stereocenters. The first-order valence-corrected chi connectivity index (χ1v) is 5.80. The van der Waals surface area contributed by atoms with Crippen LogP contribution in [0, 0.1) is 0 Å². The van der Waals surface area contributed by atoms with Crippen molar-refractivity contribution in [3.63, 3.8) is 0 Å². The first-order chi connectivity index (χ1) is 7.13. The van der Waals surface area contributed by atoms with E-state index in [0.29, 0.717) is 0 Å². The third-order valence-corrected chi connectivity index (χ3v) is 4.12. The summed E-state index contributed by atoms with van der Waals surface area (Å²) in [4.78, 5) is 25.8. The summed E-state index contributed by atoms with van der Waals surface area (Å²) < 4.78 is 0. The molecule has 0 bridgehead atoms. The van der Waals surface area contributed by atoms with Gasteiger partial charge in [-0.05, 0) is 25.0 Å². The van der Waals surface area contributed by atoms with Gasteiger partial charge >= 0.3 is 0 Å². The molecule has 0 aliphatic carbocycles. The maximum Gasteiger partial charge on any atom is 0.219 e. The molecule has 0 aromatic carbocycles. The molecule has 1 aliphatic rings. The van der Waals surface area contributed by atoms with Gasteiger partial charge in [0.25, 0.3) is 0 Å². The fourth-order valence-corrected chi connectivity index (χ4v) is 3.17. The van der Waals surface area contributed by atoms with E-state index in [1.807, 2.05) is 17.9 Å². The fourth-order valence-electron chi connectivity index (χ4n) is 2.08. The van der Waals surface area contributed by atoms with E-state index in [1.165, 1.54) is 21.8 Å². The summed E-state index contributed by atoms with van der Waals surface area (Å²) in [5.41, 5.74) is 1.23. The van der Waals surface area contributed by atoms with Gasteiger partial charge < -0.3 is 4.90 Å². The van der Waals surface area contributed by atoms with Crippen LogP contribution in [0.15, 0.2) is 6.07 Å². The molecular formula is C11H13NO2S. The third-order valence-electron chi connectivity index (χ3n) is 2.85. The Balaban J connectivity index is 2.36. The van der Waals surface area contributed by atoms with Gasteiger partial charge in [-0.25, -0.2) is 0 Å². The Bertz CT molecular complexity index is 411. The van der Waals surface area contributed by atoms with Crippen molar-refractivity contribution < 1.29 is 9.59 Å². The minimum Gasteiger partial charge on any atom is -0.335 e. The Kier molecular flexibility index (Phi) is 2.61. The van der Waals surface area contributed by atoms with Gasteiger partial charge in [0.15, 0.2) is 6.29 Å². The Hall–Kier alpha value is -1.16. The average molecular weight is 223 g/mol. The van der Waals surface area contributed by atoms with Gasteiger partial charge in [0.2, 0.25) is 5.91 Å². The molecule has 0 N–H and O–H groups in total. The van der Waals surface area contributed by atoms with Crippen LogP contribution in [0.25, 0.3) is 0 Å². The van der Waals surface area contributed by atoms with Crippen LogP contribution < -0.4 is 0 Å². The van der Waals surface area contributed by atoms with Gasteiger partial charge in [-0.15, -0.1) is 11.3 Å². The molecule has 1 atom stereocenters. The average Bonchev–Trinajstić information content (AvgIpc) is 2.61. The molecule has 2 heterocycles. The van der Waals surface area contributed by atoms with E-state index in [1.54, 1.807) is 6.92 Å². The number of hydrogen-bond donors (Lipinski definition) is 0. The fraction of sp³-hybridized carbons (Fsp3) is 0.455. The lowest BCUT2D eigenvalue weighted by Gasteiger charge is -2.32. The lowest BCUT2D eigenvalue weighted by Crippen LogP contribution is -2.36. The SMILES string of the molecule is CC(=O)N1CCc2cc(C=O)sc2C1C. The topological polar surface area (TPSA) is 37.4 Å². The molecular weight excluding hydrogens is 210 g/mol. The number of rotatable bonds is 1. The zero-order valence-corrected chi connectivity index (χ0v) is 9.63. The number of carbonyl (C=O) groups is 2. The van der Waals surface area contributed by atoms with Gasteiger partial charge in [-0.2, -0.15) is 0 Å². The highest BCUT2D eigenvalue weighted by atomic mass is 32.1. The molecule has 0 radical (unpaired) electrons. The number of aldehydes is 1. The van der Waals surface area contributed by atoms with E-state index >= 15 is 0 Å². The zero-order valence-electron chi connectivity index (χ0n) is 8.82. The van der Waals surface area contributed by atoms with E-state index < -0.39 is 0 Å². The van der Waals surface area contributed by atoms with Crippen molar-refractivity contribution in [3.8, 4) is 0 Å². The number of amides is 1. The van der Waals surface area contributed by atoms with Crippen LogP contribution in [0.1, 0.15) is 40.0 Å². The van der Waals surface area contributed by atoms with Crippen molar-refractivity contribution in [1.29, 1.82) is 0 Å². The smallest absolute Gasteiger partial charge is 0.219 e. The van der Waals surface area contributed by atoms with Crippen molar-refractivity contribution in [1.82, 2.24) is 4.90 Å². The number of hydrogen-bond acceptors (Lipinski definition) is 3. The molecule has 2 rings (SSSR count). The summed E-state index contributed by atoms with van der Waals surface area (Å²) in [5.74, 6) is 0.106. The molecule has 80 valence electrons. The highest BCUT2D eigenvalue weighted by Crippen LogP contribution is 2.35. The molecule has 0 saturated carbocycles. The minimum atomic E-state index is 0.106. The predicted molar refractivity (Wildman–Crippen MR) is 59.2 cm³/mol. The van der Waals surface area contributed by atoms with Crippen LogP contribution in [0.2, 0.25) is 0 Å². The quantitative estimate of drug-likeness (QED) is 0.683. The summed E-state index contributed by atoms with van der Waals surface area (Å²) in [7, 11) is 0. The Morgan fingerprint density at radius 1 is 1.67 bits per heavy atom. The predicted octanol–water partition coefficient (Wildman–Crippen LogP) is 2.03. The second-order valence-corrected chi connectivity index (χ2v) is 4.91. The highest BCUT2D eigenvalue weighted by molar-refractivity contribution is 7.13. The number of thiophene rings is 1. The normalized spacial score (nSPS) is 19.9. The molecule has 15 heavy (non-hydrogen) atoms. The largest absolute Gasteiger partial charge is 0.335 e. The standard InChI is InChI=1S/C11H13NO2S/c1-7-11-9(5-10(6-13)15-11)3-4-12(7)8(2)14/h5-7H,3-4H2,1-2H3. The van der Waals surface area contributed by atoms with Crippen molar-refractivity contribution in [3.05, 3.63) is 21.4 Å². The van der Waals surface area contributed by atoms with Crippen LogP contribution in [-0.2, 0) is 11.2 Å². The van der Waals surface area contributed by atoms with Crippen molar-refractivity contribution >= 4 is 23.5 Å². The lowest BCUT2D eigenvalue weighted by atomic mass is 10.0. The Labute approximate surface area is 92.7 Å². The van der Waals surface area contributed by atoms with Crippen molar-refractivity contribution in [2.45, 2.75) is 26.3 Å². The lowest BCUT2D eigenvalue weighted by molar-refractivity contribution is -0.131. The summed E-state index contributed by atoms with van der Waals surface area (Å²) >= 11 is 1.50. The second kappa shape index (κ2) is 3.77. The summed E-state index contributed by atoms with van der Waals surface area (Å²) in [6.45, 7) is 4.37. The van der Waals surface area contributed by atoms with Crippen LogP contribution in [0.3, 0.4) is 0 Å². The molecule has 1 aromatic rings. The number of carbonyl (C=O) groups excluding carboxylic acids is 2. The zero-order chi connectivity index (χ0) is 11.0. The first-order valence-electron chi connectivity index (χ1n) is 4.98. The molecule has 0 saturated heterocycles. The molecule has 1 amide bonds. The molecule has 4 heteroatoms. The maximum absolute atomic E-state index is 11.4. The first kappa shape index (κ1) is 10.4. The molecule has 1 aromatic heterocycles. The van der Waals surface area contributed by atoms with E-state index in [0.717, 1.165) is 24.1 Å². The Morgan fingerprint density at radius 3 is 3.00 bits per heavy atom. The molecule has 0 spiro atoms. The second-order valence-electron chi connectivity index (χ2n) is 3.79. The van der Waals surface area contributed by atoms with E-state index in [2.05, 4.69) is 0 Å². The van der Waals surface area contributed by atoms with Gasteiger partial charge in [-0.3, -0.25) is 9.59 Å². The monoisotopic (exact) mass is 223 g/mol. The number of nitrogens with zero attached hydrogens (tertiary/aromatic N) is 1. The number of fused-ring (bicyclic) bond motifs is 1. The van der Waals surface area contributed by atoms with Crippen LogP contribution >= 0.6 is 11.3 Å². The van der Waals surface area contributed by atoms with Gasteiger partial charge in [-0.1, -0.05) is 0 Å². The van der Waals surface area contributed by atoms with Crippen LogP contribution in [0.4, 0.5) is 0 Å². The third kappa shape index (κ3) is 1.69. The van der Waals surface area contributed by atoms with Crippen LogP contribution in [0.5, 0.6) is 0 Å². The summed E-state index contributed by atoms with van der Waals surface area (Å²) in [5, 5.41) is 0. The van der Waals surface area contributed by atoms with E-state index in [4.69, 9.17) is 0 Å². The van der Waals surface area contributed by atoms with Crippen molar-refractivity contribution in [2.75, 3.05) is 6.54 Å². The highest BCUT2D eigenvalue weighted by Gasteiger charge is 2.27. The molecule has 1 aliphatic heterocycles. The van der Waals surface area contributed by atoms with Gasteiger partial charge in [0.1, 0.15) is 0 Å². The van der Waals surface area contributed by atoms with Crippen molar-refractivity contribution in [2.24, 2.45) is 0 Å². The summed E-state index contributed by atoms with van der Waals surface area (Å²) in [6.07, 6.45) is 1.75.